The molecule has 2 nitrogen and oxygen atoms in total. The molecule has 1 aromatic rings. The number of carbonyl (C=O) groups is 1. The lowest BCUT2D eigenvalue weighted by molar-refractivity contribution is -0.106. The molecule has 0 N–H and O–H groups in total. The van der Waals surface area contributed by atoms with Gasteiger partial charge in [0.2, 0.25) is 0 Å². The van der Waals surface area contributed by atoms with Gasteiger partial charge in [0, 0.05) is 5.56 Å². The van der Waals surface area contributed by atoms with Crippen molar-refractivity contribution in [2.45, 2.75) is 6.92 Å². The van der Waals surface area contributed by atoms with E-state index in [0.29, 0.717) is 11.1 Å². The van der Waals surface area contributed by atoms with E-state index in [1.807, 2.05) is 0 Å². The van der Waals surface area contributed by atoms with Gasteiger partial charge in [-0.1, -0.05) is 6.07 Å². The summed E-state index contributed by atoms with van der Waals surface area (Å²) < 4.78 is 12.7. The van der Waals surface area contributed by atoms with Crippen molar-refractivity contribution in [3.63, 3.8) is 0 Å². The minimum Gasteiger partial charge on any atom is -0.275 e. The van der Waals surface area contributed by atoms with Crippen LogP contribution < -0.4 is 0 Å². The number of halogens is 2. The maximum Gasteiger partial charge on any atom is 0.264 e. The predicted molar refractivity (Wildman–Crippen MR) is 51.1 cm³/mol. The summed E-state index contributed by atoms with van der Waals surface area (Å²) in [5.74, 6) is 1.01. The number of hydrogen-bond donors (Lipinski definition) is 0. The number of allylic oxidation sites excluding steroid dienone is 1. The first-order chi connectivity index (χ1) is 6.56. The summed E-state index contributed by atoms with van der Waals surface area (Å²) in [6.07, 6.45) is 0. The maximum atomic E-state index is 12.7. The van der Waals surface area contributed by atoms with Gasteiger partial charge >= 0.3 is 0 Å². The van der Waals surface area contributed by atoms with E-state index in [9.17, 15) is 14.0 Å². The van der Waals surface area contributed by atoms with E-state index >= 15 is 0 Å². The first-order valence-corrected chi connectivity index (χ1v) is 4.15. The van der Waals surface area contributed by atoms with Crippen molar-refractivity contribution >= 4 is 28.4 Å². The van der Waals surface area contributed by atoms with Crippen LogP contribution in [0.4, 0.5) is 4.39 Å². The molecule has 0 unspecified atom stereocenters. The van der Waals surface area contributed by atoms with Crippen LogP contribution in [0.15, 0.2) is 18.2 Å². The van der Waals surface area contributed by atoms with Crippen LogP contribution in [-0.2, 0) is 9.59 Å². The molecule has 1 aromatic carbocycles. The number of hydrogen-bond acceptors (Lipinski definition) is 2. The van der Waals surface area contributed by atoms with E-state index in [1.165, 1.54) is 18.1 Å². The number of benzene rings is 1. The van der Waals surface area contributed by atoms with E-state index < -0.39 is 11.1 Å². The van der Waals surface area contributed by atoms with Gasteiger partial charge in [0.15, 0.2) is 0 Å². The van der Waals surface area contributed by atoms with E-state index in [4.69, 9.17) is 11.6 Å². The average molecular weight is 213 g/mol. The Hall–Kier alpha value is -1.44. The summed E-state index contributed by atoms with van der Waals surface area (Å²) in [6.45, 7) is 1.58. The van der Waals surface area contributed by atoms with Crippen molar-refractivity contribution in [1.29, 1.82) is 0 Å². The standard InChI is InChI=1S/C10H6ClFO2/c1-6-4-7(12)2-3-8(6)9(5-13)10(11)14/h2-4H,1H3. The lowest BCUT2D eigenvalue weighted by Crippen LogP contribution is -1.97. The second kappa shape index (κ2) is 4.18. The first kappa shape index (κ1) is 10.6. The molecule has 0 fully saturated rings. The van der Waals surface area contributed by atoms with Crippen LogP contribution in [-0.4, -0.2) is 11.2 Å². The van der Waals surface area contributed by atoms with Gasteiger partial charge in [0.05, 0.1) is 0 Å². The van der Waals surface area contributed by atoms with Crippen molar-refractivity contribution < 1.29 is 14.0 Å². The predicted octanol–water partition coefficient (Wildman–Crippen LogP) is 2.11. The monoisotopic (exact) mass is 212 g/mol. The molecule has 4 heteroatoms. The molecule has 0 bridgehead atoms. The molecule has 0 amide bonds. The normalized spacial score (nSPS) is 9.36. The highest BCUT2D eigenvalue weighted by atomic mass is 35.5. The fraction of sp³-hybridized carbons (Fsp3) is 0.100. The molecule has 0 spiro atoms. The zero-order valence-electron chi connectivity index (χ0n) is 7.30. The Kier molecular flexibility index (Phi) is 3.18. The summed E-state index contributed by atoms with van der Waals surface area (Å²) in [5, 5.41) is -0.894. The van der Waals surface area contributed by atoms with Crippen LogP contribution in [0, 0.1) is 12.7 Å². The van der Waals surface area contributed by atoms with Crippen LogP contribution in [0.2, 0.25) is 0 Å². The number of aryl methyl sites for hydroxylation is 1. The summed E-state index contributed by atoms with van der Waals surface area (Å²) in [6, 6.07) is 3.69. The molecule has 0 heterocycles. The molecule has 0 aromatic heterocycles. The van der Waals surface area contributed by atoms with Gasteiger partial charge in [-0.3, -0.25) is 4.79 Å². The highest BCUT2D eigenvalue weighted by Gasteiger charge is 2.13. The minimum absolute atomic E-state index is 0.274. The fourth-order valence-electron chi connectivity index (χ4n) is 1.11. The fourth-order valence-corrected chi connectivity index (χ4v) is 1.25. The van der Waals surface area contributed by atoms with Gasteiger partial charge in [0.1, 0.15) is 17.3 Å². The third-order valence-electron chi connectivity index (χ3n) is 1.76. The van der Waals surface area contributed by atoms with Crippen LogP contribution in [0.1, 0.15) is 11.1 Å². The Balaban J connectivity index is 3.33. The van der Waals surface area contributed by atoms with E-state index in [1.54, 1.807) is 6.92 Å². The average Bonchev–Trinajstić information content (AvgIpc) is 2.09. The second-order valence-electron chi connectivity index (χ2n) is 2.71. The molecule has 0 radical (unpaired) electrons. The molecular formula is C10H6ClFO2. The molecule has 72 valence electrons. The van der Waals surface area contributed by atoms with E-state index in [-0.39, 0.29) is 5.57 Å². The van der Waals surface area contributed by atoms with Crippen LogP contribution in [0.5, 0.6) is 0 Å². The molecule has 0 aliphatic heterocycles. The molecule has 0 saturated carbocycles. The maximum absolute atomic E-state index is 12.7. The third kappa shape index (κ3) is 2.08. The highest BCUT2D eigenvalue weighted by molar-refractivity contribution is 6.75. The molecular weight excluding hydrogens is 207 g/mol. The van der Waals surface area contributed by atoms with Crippen LogP contribution in [0.3, 0.4) is 0 Å². The summed E-state index contributed by atoms with van der Waals surface area (Å²) >= 11 is 5.16. The topological polar surface area (TPSA) is 34.1 Å². The smallest absolute Gasteiger partial charge is 0.264 e. The summed E-state index contributed by atoms with van der Waals surface area (Å²) in [7, 11) is 0. The zero-order chi connectivity index (χ0) is 10.7. The lowest BCUT2D eigenvalue weighted by atomic mass is 10.0. The van der Waals surface area contributed by atoms with E-state index in [0.717, 1.165) is 6.07 Å². The van der Waals surface area contributed by atoms with Gasteiger partial charge in [-0.25, -0.2) is 9.18 Å². The van der Waals surface area contributed by atoms with Crippen molar-refractivity contribution in [2.75, 3.05) is 0 Å². The van der Waals surface area contributed by atoms with Crippen LogP contribution >= 0.6 is 11.6 Å². The van der Waals surface area contributed by atoms with Gasteiger partial charge in [-0.2, -0.15) is 0 Å². The Morgan fingerprint density at radius 3 is 2.57 bits per heavy atom. The largest absolute Gasteiger partial charge is 0.275 e. The van der Waals surface area contributed by atoms with Gasteiger partial charge in [-0.05, 0) is 36.2 Å². The van der Waals surface area contributed by atoms with E-state index in [2.05, 4.69) is 0 Å². The summed E-state index contributed by atoms with van der Waals surface area (Å²) in [4.78, 5) is 21.2. The molecule has 0 aliphatic carbocycles. The Morgan fingerprint density at radius 1 is 1.50 bits per heavy atom. The van der Waals surface area contributed by atoms with Gasteiger partial charge in [-0.15, -0.1) is 0 Å². The number of carbonyl (C=O) groups excluding carboxylic acids is 2. The molecule has 0 aliphatic rings. The quantitative estimate of drug-likeness (QED) is 0.428. The number of rotatable bonds is 2. The zero-order valence-corrected chi connectivity index (χ0v) is 8.06. The SMILES string of the molecule is Cc1cc(F)ccc1C(=C=O)C(=O)Cl. The van der Waals surface area contributed by atoms with Gasteiger partial charge < -0.3 is 0 Å². The Bertz CT molecular complexity index is 434. The van der Waals surface area contributed by atoms with Crippen molar-refractivity contribution in [1.82, 2.24) is 0 Å². The second-order valence-corrected chi connectivity index (χ2v) is 3.05. The van der Waals surface area contributed by atoms with Gasteiger partial charge in [0.25, 0.3) is 5.24 Å². The lowest BCUT2D eigenvalue weighted by Gasteiger charge is -2.02. The van der Waals surface area contributed by atoms with Crippen molar-refractivity contribution in [3.05, 3.63) is 35.1 Å². The van der Waals surface area contributed by atoms with Crippen molar-refractivity contribution in [2.24, 2.45) is 0 Å². The third-order valence-corrected chi connectivity index (χ3v) is 1.95. The Morgan fingerprint density at radius 2 is 2.14 bits per heavy atom. The highest BCUT2D eigenvalue weighted by Crippen LogP contribution is 2.19. The summed E-state index contributed by atoms with van der Waals surface area (Å²) in [5.41, 5.74) is 0.503. The molecule has 0 atom stereocenters. The molecule has 1 rings (SSSR count). The minimum atomic E-state index is -0.894. The van der Waals surface area contributed by atoms with Crippen molar-refractivity contribution in [3.8, 4) is 0 Å². The van der Waals surface area contributed by atoms with Crippen LogP contribution in [0.25, 0.3) is 5.57 Å². The molecule has 14 heavy (non-hydrogen) atoms. The molecule has 0 saturated heterocycles. The first-order valence-electron chi connectivity index (χ1n) is 3.77. The Labute approximate surface area is 85.0 Å².